The van der Waals surface area contributed by atoms with Gasteiger partial charge >= 0.3 is 0 Å². The summed E-state index contributed by atoms with van der Waals surface area (Å²) in [5.74, 6) is 0.747. The first-order valence-electron chi connectivity index (χ1n) is 8.89. The topological polar surface area (TPSA) is 80.5 Å². The molecular weight excluding hydrogens is 442 g/mol. The van der Waals surface area contributed by atoms with Gasteiger partial charge in [-0.15, -0.1) is 21.5 Å². The van der Waals surface area contributed by atoms with Crippen molar-refractivity contribution in [2.75, 3.05) is 11.4 Å². The Morgan fingerprint density at radius 3 is 2.63 bits per heavy atom. The summed E-state index contributed by atoms with van der Waals surface area (Å²) in [4.78, 5) is 4.61. The summed E-state index contributed by atoms with van der Waals surface area (Å²) in [6, 6.07) is 18.0. The van der Waals surface area contributed by atoms with Crippen LogP contribution in [0, 0.1) is 0 Å². The molecule has 0 saturated carbocycles. The van der Waals surface area contributed by atoms with Crippen LogP contribution in [0.3, 0.4) is 0 Å². The van der Waals surface area contributed by atoms with E-state index in [4.69, 9.17) is 11.6 Å². The van der Waals surface area contributed by atoms with E-state index in [9.17, 15) is 8.42 Å². The molecule has 0 atom stereocenters. The van der Waals surface area contributed by atoms with Crippen LogP contribution < -0.4 is 4.31 Å². The van der Waals surface area contributed by atoms with Crippen LogP contribution in [0.2, 0.25) is 5.02 Å². The molecule has 7 nitrogen and oxygen atoms in total. The van der Waals surface area contributed by atoms with Gasteiger partial charge < -0.3 is 0 Å². The fraction of sp³-hybridized carbons (Fsp3) is 0.0500. The molecule has 0 aliphatic heterocycles. The van der Waals surface area contributed by atoms with Gasteiger partial charge in [-0.25, -0.2) is 17.7 Å². The lowest BCUT2D eigenvalue weighted by atomic mass is 10.2. The molecule has 0 bridgehead atoms. The Hall–Kier alpha value is -3.01. The van der Waals surface area contributed by atoms with Crippen molar-refractivity contribution in [3.05, 3.63) is 71.1 Å². The number of fused-ring (bicyclic) bond motifs is 3. The average molecular weight is 456 g/mol. The van der Waals surface area contributed by atoms with E-state index in [-0.39, 0.29) is 10.0 Å². The van der Waals surface area contributed by atoms with Crippen molar-refractivity contribution >= 4 is 55.5 Å². The second-order valence-corrected chi connectivity index (χ2v) is 10.1. The van der Waals surface area contributed by atoms with E-state index in [2.05, 4.69) is 15.2 Å². The highest BCUT2D eigenvalue weighted by molar-refractivity contribution is 7.94. The molecule has 0 fully saturated rings. The highest BCUT2D eigenvalue weighted by Crippen LogP contribution is 2.32. The van der Waals surface area contributed by atoms with Crippen molar-refractivity contribution in [3.8, 4) is 11.4 Å². The van der Waals surface area contributed by atoms with Crippen LogP contribution in [0.15, 0.2) is 70.3 Å². The summed E-state index contributed by atoms with van der Waals surface area (Å²) in [6.07, 6.45) is 0. The maximum Gasteiger partial charge on any atom is 0.274 e. The van der Waals surface area contributed by atoms with E-state index in [1.165, 1.54) is 7.05 Å². The summed E-state index contributed by atoms with van der Waals surface area (Å²) < 4.78 is 29.4. The highest BCUT2D eigenvalue weighted by atomic mass is 35.5. The third-order valence-electron chi connectivity index (χ3n) is 4.70. The van der Waals surface area contributed by atoms with E-state index >= 15 is 0 Å². The summed E-state index contributed by atoms with van der Waals surface area (Å²) in [5.41, 5.74) is 2.49. The smallest absolute Gasteiger partial charge is 0.270 e. The van der Waals surface area contributed by atoms with Gasteiger partial charge in [0.25, 0.3) is 10.0 Å². The van der Waals surface area contributed by atoms with Gasteiger partial charge in [0.2, 0.25) is 5.65 Å². The zero-order chi connectivity index (χ0) is 20.9. The lowest BCUT2D eigenvalue weighted by molar-refractivity contribution is 0.596. The first-order valence-corrected chi connectivity index (χ1v) is 11.6. The molecule has 3 heterocycles. The predicted molar refractivity (Wildman–Crippen MR) is 119 cm³/mol. The molecule has 5 aromatic rings. The van der Waals surface area contributed by atoms with Crippen LogP contribution >= 0.6 is 22.9 Å². The van der Waals surface area contributed by atoms with Crippen molar-refractivity contribution in [1.82, 2.24) is 19.6 Å². The monoisotopic (exact) mass is 455 g/mol. The molecule has 0 radical (unpaired) electrons. The van der Waals surface area contributed by atoms with E-state index in [0.717, 1.165) is 26.7 Å². The van der Waals surface area contributed by atoms with Gasteiger partial charge in [0, 0.05) is 17.6 Å². The second-order valence-electron chi connectivity index (χ2n) is 6.52. The number of rotatable bonds is 4. The van der Waals surface area contributed by atoms with Crippen LogP contribution in [0.25, 0.3) is 28.1 Å². The molecule has 3 aromatic heterocycles. The number of benzene rings is 2. The molecule has 5 rings (SSSR count). The van der Waals surface area contributed by atoms with Gasteiger partial charge in [-0.1, -0.05) is 41.9 Å². The highest BCUT2D eigenvalue weighted by Gasteiger charge is 2.27. The molecule has 0 aliphatic carbocycles. The van der Waals surface area contributed by atoms with Gasteiger partial charge in [-0.05, 0) is 35.7 Å². The minimum atomic E-state index is -3.78. The zero-order valence-corrected chi connectivity index (χ0v) is 18.0. The first kappa shape index (κ1) is 19.0. The van der Waals surface area contributed by atoms with Gasteiger partial charge in [0.15, 0.2) is 11.6 Å². The molecule has 0 saturated heterocycles. The molecule has 0 N–H and O–H groups in total. The number of sulfonamides is 1. The quantitative estimate of drug-likeness (QED) is 0.399. The fourth-order valence-corrected chi connectivity index (χ4v) is 5.75. The van der Waals surface area contributed by atoms with Gasteiger partial charge in [-0.3, -0.25) is 4.40 Å². The zero-order valence-electron chi connectivity index (χ0n) is 15.6. The molecule has 150 valence electrons. The van der Waals surface area contributed by atoms with Gasteiger partial charge in [-0.2, -0.15) is 0 Å². The third kappa shape index (κ3) is 2.94. The summed E-state index contributed by atoms with van der Waals surface area (Å²) in [7, 11) is -2.31. The fourth-order valence-electron chi connectivity index (χ4n) is 3.25. The Morgan fingerprint density at radius 2 is 1.87 bits per heavy atom. The van der Waals surface area contributed by atoms with E-state index in [1.54, 1.807) is 29.6 Å². The van der Waals surface area contributed by atoms with Crippen LogP contribution in [-0.2, 0) is 10.0 Å². The number of thiophene rings is 1. The van der Waals surface area contributed by atoms with E-state index in [0.29, 0.717) is 22.0 Å². The van der Waals surface area contributed by atoms with Crippen LogP contribution in [0.4, 0.5) is 5.82 Å². The number of hydrogen-bond donors (Lipinski definition) is 0. The number of para-hydroxylation sites is 2. The molecule has 0 unspecified atom stereocenters. The molecule has 30 heavy (non-hydrogen) atoms. The number of aromatic nitrogens is 4. The van der Waals surface area contributed by atoms with E-state index in [1.807, 2.05) is 40.8 Å². The maximum absolute atomic E-state index is 13.1. The van der Waals surface area contributed by atoms with Crippen molar-refractivity contribution in [2.24, 2.45) is 0 Å². The van der Waals surface area contributed by atoms with Gasteiger partial charge in [0.1, 0.15) is 4.21 Å². The normalized spacial score (nSPS) is 11.9. The average Bonchev–Trinajstić information content (AvgIpc) is 3.43. The Balaban J connectivity index is 1.82. The minimum Gasteiger partial charge on any atom is -0.270 e. The molecule has 0 aliphatic rings. The Kier molecular flexibility index (Phi) is 4.46. The van der Waals surface area contributed by atoms with E-state index < -0.39 is 10.0 Å². The SMILES string of the molecule is CN(c1nc2ccccc2n2c(-c3cccc(Cl)c3)nnc12)S(=O)(=O)c1cccs1. The number of halogens is 1. The Bertz CT molecular complexity index is 1500. The molecule has 2 aromatic carbocycles. The standard InChI is InChI=1S/C20H14ClN5O2S2/c1-25(30(27,28)17-10-5-11-29-17)19-20-24-23-18(13-6-4-7-14(21)12-13)26(20)16-9-3-2-8-15(16)22-19/h2-12H,1H3. The lowest BCUT2D eigenvalue weighted by Crippen LogP contribution is -2.27. The summed E-state index contributed by atoms with van der Waals surface area (Å²) in [6.45, 7) is 0. The van der Waals surface area contributed by atoms with Crippen molar-refractivity contribution in [1.29, 1.82) is 0 Å². The summed E-state index contributed by atoms with van der Waals surface area (Å²) in [5, 5.41) is 10.9. The Morgan fingerprint density at radius 1 is 1.03 bits per heavy atom. The lowest BCUT2D eigenvalue weighted by Gasteiger charge is -2.18. The molecule has 0 amide bonds. The predicted octanol–water partition coefficient (Wildman–Crippen LogP) is 4.48. The Labute approximate surface area is 181 Å². The number of hydrogen-bond acceptors (Lipinski definition) is 6. The van der Waals surface area contributed by atoms with Gasteiger partial charge in [0.05, 0.1) is 11.0 Å². The molecule has 10 heteroatoms. The first-order chi connectivity index (χ1) is 14.5. The molecule has 0 spiro atoms. The maximum atomic E-state index is 13.1. The number of anilines is 1. The third-order valence-corrected chi connectivity index (χ3v) is 8.06. The molecular formula is C20H14ClN5O2S2. The largest absolute Gasteiger partial charge is 0.274 e. The second kappa shape index (κ2) is 7.05. The van der Waals surface area contributed by atoms with Crippen LogP contribution in [0.5, 0.6) is 0 Å². The minimum absolute atomic E-state index is 0.197. The van der Waals surface area contributed by atoms with Crippen molar-refractivity contribution in [3.63, 3.8) is 0 Å². The summed E-state index contributed by atoms with van der Waals surface area (Å²) >= 11 is 7.32. The number of nitrogens with zero attached hydrogens (tertiary/aromatic N) is 5. The van der Waals surface area contributed by atoms with Crippen LogP contribution in [0.1, 0.15) is 0 Å². The van der Waals surface area contributed by atoms with Crippen LogP contribution in [-0.4, -0.2) is 35.0 Å². The van der Waals surface area contributed by atoms with Crippen molar-refractivity contribution in [2.45, 2.75) is 4.21 Å². The van der Waals surface area contributed by atoms with Crippen molar-refractivity contribution < 1.29 is 8.42 Å².